The summed E-state index contributed by atoms with van der Waals surface area (Å²) in [4.78, 5) is 0. The highest BCUT2D eigenvalue weighted by Crippen LogP contribution is 2.37. The minimum Gasteiger partial charge on any atom is -0.432 e. The van der Waals surface area contributed by atoms with Crippen molar-refractivity contribution in [3.63, 3.8) is 0 Å². The van der Waals surface area contributed by atoms with Crippen molar-refractivity contribution in [1.29, 1.82) is 0 Å². The van der Waals surface area contributed by atoms with E-state index in [1.165, 1.54) is 11.0 Å². The standard InChI is InChI=1S/C8H6N4O2/c1-2-4-7-6(3-1)13-8(14-7)12-5-9-10-11-12/h1-5,8H. The molecular weight excluding hydrogens is 184 g/mol. The molecule has 0 N–H and O–H groups in total. The molecule has 0 aliphatic carbocycles. The lowest BCUT2D eigenvalue weighted by Gasteiger charge is -2.07. The lowest BCUT2D eigenvalue weighted by molar-refractivity contribution is -0.0295. The first-order chi connectivity index (χ1) is 6.93. The molecule has 0 saturated heterocycles. The summed E-state index contributed by atoms with van der Waals surface area (Å²) < 4.78 is 12.3. The van der Waals surface area contributed by atoms with Crippen LogP contribution in [0.2, 0.25) is 0 Å². The Morgan fingerprint density at radius 1 is 1.14 bits per heavy atom. The van der Waals surface area contributed by atoms with Gasteiger partial charge >= 0.3 is 6.41 Å². The largest absolute Gasteiger partial charge is 0.432 e. The van der Waals surface area contributed by atoms with E-state index in [-0.39, 0.29) is 0 Å². The molecule has 6 nitrogen and oxygen atoms in total. The third-order valence-corrected chi connectivity index (χ3v) is 1.89. The molecule has 2 aromatic rings. The molecule has 3 rings (SSSR count). The fraction of sp³-hybridized carbons (Fsp3) is 0.125. The number of para-hydroxylation sites is 2. The summed E-state index contributed by atoms with van der Waals surface area (Å²) in [5.41, 5.74) is 0. The van der Waals surface area contributed by atoms with E-state index < -0.39 is 6.41 Å². The average molecular weight is 190 g/mol. The minimum absolute atomic E-state index is 0.595. The molecule has 1 aromatic heterocycles. The summed E-state index contributed by atoms with van der Waals surface area (Å²) in [6.45, 7) is 0. The van der Waals surface area contributed by atoms with Crippen molar-refractivity contribution in [2.45, 2.75) is 6.41 Å². The maximum absolute atomic E-state index is 5.45. The van der Waals surface area contributed by atoms with Gasteiger partial charge in [-0.3, -0.25) is 0 Å². The quantitative estimate of drug-likeness (QED) is 0.658. The van der Waals surface area contributed by atoms with E-state index in [2.05, 4.69) is 15.5 Å². The molecule has 0 bridgehead atoms. The SMILES string of the molecule is c1ccc2c(c1)OC(n1cnnn1)O2. The summed E-state index contributed by atoms with van der Waals surface area (Å²) in [6.07, 6.45) is 0.846. The molecule has 14 heavy (non-hydrogen) atoms. The van der Waals surface area contributed by atoms with Crippen molar-refractivity contribution < 1.29 is 9.47 Å². The van der Waals surface area contributed by atoms with Gasteiger partial charge in [0.1, 0.15) is 6.33 Å². The highest BCUT2D eigenvalue weighted by molar-refractivity contribution is 5.41. The predicted molar refractivity (Wildman–Crippen MR) is 44.6 cm³/mol. The molecule has 0 saturated carbocycles. The summed E-state index contributed by atoms with van der Waals surface area (Å²) in [5.74, 6) is 1.40. The number of hydrogen-bond acceptors (Lipinski definition) is 5. The van der Waals surface area contributed by atoms with Crippen LogP contribution in [0.1, 0.15) is 6.41 Å². The lowest BCUT2D eigenvalue weighted by atomic mass is 10.3. The number of rotatable bonds is 1. The molecule has 1 aliphatic rings. The molecule has 70 valence electrons. The van der Waals surface area contributed by atoms with Gasteiger partial charge in [-0.15, -0.1) is 5.10 Å². The van der Waals surface area contributed by atoms with Crippen LogP contribution in [0.3, 0.4) is 0 Å². The number of benzene rings is 1. The first kappa shape index (κ1) is 7.31. The normalized spacial score (nSPS) is 14.6. The molecule has 1 aliphatic heterocycles. The summed E-state index contributed by atoms with van der Waals surface area (Å²) in [6, 6.07) is 7.42. The second-order valence-corrected chi connectivity index (χ2v) is 2.78. The van der Waals surface area contributed by atoms with Crippen molar-refractivity contribution in [1.82, 2.24) is 20.2 Å². The molecule has 6 heteroatoms. The number of nitrogens with zero attached hydrogens (tertiary/aromatic N) is 4. The number of ether oxygens (including phenoxy) is 2. The first-order valence-electron chi connectivity index (χ1n) is 4.08. The van der Waals surface area contributed by atoms with Crippen LogP contribution >= 0.6 is 0 Å². The number of hydrogen-bond donors (Lipinski definition) is 0. The Kier molecular flexibility index (Phi) is 1.41. The Bertz CT molecular complexity index is 417. The number of fused-ring (bicyclic) bond motifs is 1. The summed E-state index contributed by atoms with van der Waals surface area (Å²) >= 11 is 0. The number of tetrazole rings is 1. The highest BCUT2D eigenvalue weighted by atomic mass is 16.7. The van der Waals surface area contributed by atoms with Gasteiger partial charge in [0.05, 0.1) is 0 Å². The minimum atomic E-state index is -0.595. The molecular formula is C8H6N4O2. The second-order valence-electron chi connectivity index (χ2n) is 2.78. The van der Waals surface area contributed by atoms with Gasteiger partial charge in [0.2, 0.25) is 0 Å². The van der Waals surface area contributed by atoms with Gasteiger partial charge in [-0.05, 0) is 22.6 Å². The van der Waals surface area contributed by atoms with Crippen LogP contribution < -0.4 is 9.47 Å². The fourth-order valence-corrected chi connectivity index (χ4v) is 1.26. The van der Waals surface area contributed by atoms with Gasteiger partial charge in [0, 0.05) is 0 Å². The van der Waals surface area contributed by atoms with Crippen LogP contribution in [0, 0.1) is 0 Å². The van der Waals surface area contributed by atoms with E-state index in [4.69, 9.17) is 9.47 Å². The van der Waals surface area contributed by atoms with Crippen LogP contribution in [-0.4, -0.2) is 20.2 Å². The van der Waals surface area contributed by atoms with Crippen molar-refractivity contribution in [2.24, 2.45) is 0 Å². The monoisotopic (exact) mass is 190 g/mol. The smallest absolute Gasteiger partial charge is 0.349 e. The summed E-state index contributed by atoms with van der Waals surface area (Å²) in [5, 5.41) is 10.7. The summed E-state index contributed by atoms with van der Waals surface area (Å²) in [7, 11) is 0. The van der Waals surface area contributed by atoms with Crippen LogP contribution in [0.25, 0.3) is 0 Å². The highest BCUT2D eigenvalue weighted by Gasteiger charge is 2.25. The van der Waals surface area contributed by atoms with Crippen molar-refractivity contribution in [3.8, 4) is 11.5 Å². The Morgan fingerprint density at radius 3 is 2.43 bits per heavy atom. The van der Waals surface area contributed by atoms with E-state index >= 15 is 0 Å². The lowest BCUT2D eigenvalue weighted by Crippen LogP contribution is -2.17. The molecule has 0 atom stereocenters. The zero-order valence-corrected chi connectivity index (χ0v) is 7.07. The van der Waals surface area contributed by atoms with Crippen LogP contribution in [0.15, 0.2) is 30.6 Å². The van der Waals surface area contributed by atoms with Crippen LogP contribution in [0.4, 0.5) is 0 Å². The Hall–Kier alpha value is -2.11. The van der Waals surface area contributed by atoms with Gasteiger partial charge < -0.3 is 9.47 Å². The van der Waals surface area contributed by atoms with E-state index in [1.54, 1.807) is 0 Å². The zero-order valence-electron chi connectivity index (χ0n) is 7.07. The molecule has 0 amide bonds. The molecule has 0 fully saturated rings. The average Bonchev–Trinajstić information content (AvgIpc) is 2.86. The Balaban J connectivity index is 1.92. The van der Waals surface area contributed by atoms with Gasteiger partial charge in [-0.1, -0.05) is 12.1 Å². The van der Waals surface area contributed by atoms with Crippen LogP contribution in [0.5, 0.6) is 11.5 Å². The van der Waals surface area contributed by atoms with Gasteiger partial charge in [0.15, 0.2) is 11.5 Å². The van der Waals surface area contributed by atoms with Crippen molar-refractivity contribution in [3.05, 3.63) is 30.6 Å². The predicted octanol–water partition coefficient (Wildman–Crippen LogP) is 0.601. The maximum atomic E-state index is 5.45. The van der Waals surface area contributed by atoms with Crippen molar-refractivity contribution >= 4 is 0 Å². The molecule has 0 spiro atoms. The molecule has 1 aromatic carbocycles. The number of aromatic nitrogens is 4. The van der Waals surface area contributed by atoms with Gasteiger partial charge in [-0.2, -0.15) is 4.68 Å². The van der Waals surface area contributed by atoms with Gasteiger partial charge in [0.25, 0.3) is 0 Å². The maximum Gasteiger partial charge on any atom is 0.349 e. The van der Waals surface area contributed by atoms with E-state index in [9.17, 15) is 0 Å². The topological polar surface area (TPSA) is 62.1 Å². The van der Waals surface area contributed by atoms with Crippen LogP contribution in [-0.2, 0) is 0 Å². The second kappa shape index (κ2) is 2.69. The Morgan fingerprint density at radius 2 is 1.86 bits per heavy atom. The molecule has 2 heterocycles. The molecule has 0 unspecified atom stereocenters. The van der Waals surface area contributed by atoms with E-state index in [0.29, 0.717) is 11.5 Å². The van der Waals surface area contributed by atoms with E-state index in [1.807, 2.05) is 24.3 Å². The van der Waals surface area contributed by atoms with Gasteiger partial charge in [-0.25, -0.2) is 0 Å². The van der Waals surface area contributed by atoms with Crippen molar-refractivity contribution in [2.75, 3.05) is 0 Å². The fourth-order valence-electron chi connectivity index (χ4n) is 1.26. The third-order valence-electron chi connectivity index (χ3n) is 1.89. The molecule has 0 radical (unpaired) electrons. The Labute approximate surface area is 79.1 Å². The third kappa shape index (κ3) is 1.00. The first-order valence-corrected chi connectivity index (χ1v) is 4.08. The van der Waals surface area contributed by atoms with E-state index in [0.717, 1.165) is 0 Å². The zero-order chi connectivity index (χ0) is 9.38.